The zero-order valence-electron chi connectivity index (χ0n) is 32.3. The lowest BCUT2D eigenvalue weighted by Crippen LogP contribution is -2.52. The number of nitrogens with one attached hydrogen (secondary N) is 1. The van der Waals surface area contributed by atoms with Gasteiger partial charge in [-0.2, -0.15) is 5.10 Å². The number of hydrogen-bond acceptors (Lipinski definition) is 10. The van der Waals surface area contributed by atoms with Crippen LogP contribution in [-0.4, -0.2) is 78.7 Å². The van der Waals surface area contributed by atoms with E-state index in [9.17, 15) is 14.4 Å². The van der Waals surface area contributed by atoms with E-state index in [1.54, 1.807) is 16.7 Å². The van der Waals surface area contributed by atoms with Gasteiger partial charge in [0.1, 0.15) is 35.4 Å². The van der Waals surface area contributed by atoms with E-state index in [1.807, 2.05) is 66.7 Å². The molecule has 3 N–H and O–H groups in total. The highest BCUT2D eigenvalue weighted by molar-refractivity contribution is 7.99. The fourth-order valence-electron chi connectivity index (χ4n) is 8.34. The number of hydrogen-bond donors (Lipinski definition) is 2. The average Bonchev–Trinajstić information content (AvgIpc) is 3.79. The van der Waals surface area contributed by atoms with Crippen molar-refractivity contribution >= 4 is 46.3 Å². The van der Waals surface area contributed by atoms with Crippen molar-refractivity contribution < 1.29 is 19.1 Å². The number of nitrogens with two attached hydrogens (primary N) is 1. The van der Waals surface area contributed by atoms with Gasteiger partial charge in [0.05, 0.1) is 11.4 Å². The number of imide groups is 1. The van der Waals surface area contributed by atoms with E-state index in [2.05, 4.69) is 30.9 Å². The maximum atomic E-state index is 13.1. The Labute approximate surface area is 337 Å². The molecule has 0 bridgehead atoms. The smallest absolute Gasteiger partial charge is 0.255 e. The lowest BCUT2D eigenvalue weighted by atomic mass is 10.0. The molecule has 0 aliphatic carbocycles. The van der Waals surface area contributed by atoms with Gasteiger partial charge in [-0.15, -0.1) is 11.8 Å². The van der Waals surface area contributed by atoms with Crippen LogP contribution in [0.5, 0.6) is 11.5 Å². The predicted octanol–water partition coefficient (Wildman–Crippen LogP) is 7.79. The Balaban J connectivity index is 0.734. The summed E-state index contributed by atoms with van der Waals surface area (Å²) in [6.45, 7) is 3.64. The van der Waals surface area contributed by atoms with Crippen LogP contribution in [0.3, 0.4) is 0 Å². The van der Waals surface area contributed by atoms with Crippen molar-refractivity contribution in [3.8, 4) is 22.8 Å². The number of anilines is 1. The SMILES string of the molecule is Nc1ncnc2c1c(-c1ccc(Oc3ccccc3)cc1)nn2C1CCN(CCCCCCCCCSc2cccc3c2CN(C2CCC(=O)NC2=O)C3=O)CC1. The molecule has 3 amide bonds. The van der Waals surface area contributed by atoms with Crippen molar-refractivity contribution in [2.45, 2.75) is 94.2 Å². The molecule has 5 heterocycles. The molecule has 0 radical (unpaired) electrons. The monoisotopic (exact) mass is 786 g/mol. The van der Waals surface area contributed by atoms with Crippen LogP contribution in [0.2, 0.25) is 0 Å². The summed E-state index contributed by atoms with van der Waals surface area (Å²) in [6.07, 6.45) is 12.8. The van der Waals surface area contributed by atoms with E-state index in [4.69, 9.17) is 15.6 Å². The summed E-state index contributed by atoms with van der Waals surface area (Å²) in [5, 5.41) is 8.28. The van der Waals surface area contributed by atoms with E-state index in [0.29, 0.717) is 24.3 Å². The molecule has 2 aromatic heterocycles. The summed E-state index contributed by atoms with van der Waals surface area (Å²) >= 11 is 1.81. The standard InChI is InChI=1S/C44H50N8O4S/c45-41-39-40(30-16-18-33(19-17-30)56-32-12-7-6-8-13-32)49-52(42(39)47-29-46-41)31-22-25-50(26-23-31)24-9-4-2-1-3-5-10-27-57-37-15-11-14-34-35(37)28-51(44(34)55)36-20-21-38(53)48-43(36)54/h6-8,11-19,29,31,36H,1-5,9-10,20-28H2,(H2,45,46,47)(H,48,53,54). The second-order valence-corrected chi connectivity index (χ2v) is 16.4. The number of para-hydroxylation sites is 1. The van der Waals surface area contributed by atoms with Crippen LogP contribution < -0.4 is 15.8 Å². The number of aromatic nitrogens is 4. The topological polar surface area (TPSA) is 149 Å². The molecule has 5 aromatic rings. The van der Waals surface area contributed by atoms with Gasteiger partial charge in [0, 0.05) is 42.1 Å². The van der Waals surface area contributed by atoms with Crippen molar-refractivity contribution in [2.75, 3.05) is 31.1 Å². The third-order valence-electron chi connectivity index (χ3n) is 11.4. The molecular formula is C44H50N8O4S. The van der Waals surface area contributed by atoms with Crippen LogP contribution in [0.1, 0.15) is 92.6 Å². The van der Waals surface area contributed by atoms with Crippen LogP contribution in [0, 0.1) is 0 Å². The number of fused-ring (bicyclic) bond motifs is 2. The van der Waals surface area contributed by atoms with Crippen molar-refractivity contribution in [1.29, 1.82) is 0 Å². The minimum absolute atomic E-state index is 0.112. The molecule has 2 fully saturated rings. The van der Waals surface area contributed by atoms with E-state index in [-0.39, 0.29) is 30.2 Å². The molecule has 3 aromatic carbocycles. The Morgan fingerprint density at radius 3 is 2.32 bits per heavy atom. The minimum atomic E-state index is -0.579. The second kappa shape index (κ2) is 17.9. The van der Waals surface area contributed by atoms with Gasteiger partial charge in [-0.05, 0) is 98.5 Å². The Hall–Kier alpha value is -5.27. The number of carbonyl (C=O) groups is 3. The Kier molecular flexibility index (Phi) is 12.1. The number of rotatable bonds is 16. The number of amides is 3. The number of piperidine rings is 2. The highest BCUT2D eigenvalue weighted by Crippen LogP contribution is 2.37. The maximum Gasteiger partial charge on any atom is 0.255 e. The number of unbranched alkanes of at least 4 members (excludes halogenated alkanes) is 6. The number of carbonyl (C=O) groups excluding carboxylic acids is 3. The van der Waals surface area contributed by atoms with Gasteiger partial charge in [0.25, 0.3) is 5.91 Å². The Bertz CT molecular complexity index is 2200. The van der Waals surface area contributed by atoms with Crippen LogP contribution in [-0.2, 0) is 16.1 Å². The van der Waals surface area contributed by atoms with Crippen molar-refractivity contribution in [1.82, 2.24) is 34.9 Å². The summed E-state index contributed by atoms with van der Waals surface area (Å²) in [4.78, 5) is 51.5. The molecule has 3 aliphatic heterocycles. The first-order valence-corrected chi connectivity index (χ1v) is 21.4. The Morgan fingerprint density at radius 1 is 0.807 bits per heavy atom. The quantitative estimate of drug-likeness (QED) is 0.0577. The predicted molar refractivity (Wildman–Crippen MR) is 222 cm³/mol. The second-order valence-electron chi connectivity index (χ2n) is 15.3. The number of ether oxygens (including phenoxy) is 1. The molecular weight excluding hydrogens is 737 g/mol. The van der Waals surface area contributed by atoms with Gasteiger partial charge >= 0.3 is 0 Å². The van der Waals surface area contributed by atoms with Gasteiger partial charge in [-0.3, -0.25) is 19.7 Å². The van der Waals surface area contributed by atoms with E-state index in [1.165, 1.54) is 44.9 Å². The maximum absolute atomic E-state index is 13.1. The summed E-state index contributed by atoms with van der Waals surface area (Å²) in [7, 11) is 0. The molecule has 57 heavy (non-hydrogen) atoms. The minimum Gasteiger partial charge on any atom is -0.457 e. The van der Waals surface area contributed by atoms with Crippen molar-refractivity contribution in [3.05, 3.63) is 90.3 Å². The molecule has 1 unspecified atom stereocenters. The number of likely N-dealkylation sites (tertiary alicyclic amines) is 1. The first kappa shape index (κ1) is 38.6. The third-order valence-corrected chi connectivity index (χ3v) is 12.6. The van der Waals surface area contributed by atoms with Gasteiger partial charge in [0.2, 0.25) is 11.8 Å². The van der Waals surface area contributed by atoms with Gasteiger partial charge < -0.3 is 20.3 Å². The molecule has 296 valence electrons. The third kappa shape index (κ3) is 8.84. The molecule has 13 heteroatoms. The lowest BCUT2D eigenvalue weighted by molar-refractivity contribution is -0.136. The number of thioether (sulfide) groups is 1. The first-order valence-electron chi connectivity index (χ1n) is 20.4. The molecule has 3 aliphatic rings. The van der Waals surface area contributed by atoms with E-state index < -0.39 is 6.04 Å². The van der Waals surface area contributed by atoms with Crippen molar-refractivity contribution in [2.24, 2.45) is 0 Å². The highest BCUT2D eigenvalue weighted by atomic mass is 32.2. The summed E-state index contributed by atoms with van der Waals surface area (Å²) < 4.78 is 8.08. The van der Waals surface area contributed by atoms with Crippen molar-refractivity contribution in [3.63, 3.8) is 0 Å². The van der Waals surface area contributed by atoms with Gasteiger partial charge in [-0.1, -0.05) is 56.4 Å². The molecule has 12 nitrogen and oxygen atoms in total. The van der Waals surface area contributed by atoms with Crippen LogP contribution >= 0.6 is 11.8 Å². The van der Waals surface area contributed by atoms with E-state index >= 15 is 0 Å². The number of benzene rings is 3. The van der Waals surface area contributed by atoms with E-state index in [0.717, 1.165) is 88.9 Å². The molecule has 1 atom stereocenters. The van der Waals surface area contributed by atoms with Gasteiger partial charge in [0.15, 0.2) is 5.65 Å². The van der Waals surface area contributed by atoms with Crippen LogP contribution in [0.25, 0.3) is 22.3 Å². The summed E-state index contributed by atoms with van der Waals surface area (Å²) in [5.74, 6) is 2.25. The molecule has 8 rings (SSSR count). The fourth-order valence-corrected chi connectivity index (χ4v) is 9.43. The van der Waals surface area contributed by atoms with Crippen LogP contribution in [0.15, 0.2) is 84.0 Å². The summed E-state index contributed by atoms with van der Waals surface area (Å²) in [5.41, 5.74) is 10.7. The van der Waals surface area contributed by atoms with Gasteiger partial charge in [-0.25, -0.2) is 14.6 Å². The lowest BCUT2D eigenvalue weighted by Gasteiger charge is -2.32. The normalized spacial score (nSPS) is 17.6. The molecule has 0 saturated carbocycles. The molecule has 2 saturated heterocycles. The summed E-state index contributed by atoms with van der Waals surface area (Å²) in [6, 6.07) is 23.2. The highest BCUT2D eigenvalue weighted by Gasteiger charge is 2.39. The first-order chi connectivity index (χ1) is 27.9. The Morgan fingerprint density at radius 2 is 1.54 bits per heavy atom. The fraction of sp³-hybridized carbons (Fsp3) is 0.409. The zero-order chi connectivity index (χ0) is 39.1. The molecule has 0 spiro atoms. The number of nitrogens with zero attached hydrogens (tertiary/aromatic N) is 6. The zero-order valence-corrected chi connectivity index (χ0v) is 33.1. The largest absolute Gasteiger partial charge is 0.457 e. The number of nitrogen functional groups attached to an aromatic ring is 1. The average molecular weight is 787 g/mol. The van der Waals surface area contributed by atoms with Crippen LogP contribution in [0.4, 0.5) is 5.82 Å².